The lowest BCUT2D eigenvalue weighted by atomic mass is 10.1. The van der Waals surface area contributed by atoms with E-state index in [0.717, 1.165) is 16.3 Å². The molecule has 0 radical (unpaired) electrons. The smallest absolute Gasteiger partial charge is 0.138 e. The third-order valence-electron chi connectivity index (χ3n) is 3.05. The van der Waals surface area contributed by atoms with Crippen LogP contribution in [0.3, 0.4) is 0 Å². The number of nitrogens with one attached hydrogen (secondary N) is 1. The highest BCUT2D eigenvalue weighted by Crippen LogP contribution is 2.31. The Balaban J connectivity index is 2.13. The maximum absolute atomic E-state index is 6.24. The Bertz CT molecular complexity index is 613. The SMILES string of the molecule is CC(C)Oc1ccc(NC(C)c2ccccc2Cl)cc1Cl. The number of anilines is 1. The first-order chi connectivity index (χ1) is 9.97. The highest BCUT2D eigenvalue weighted by atomic mass is 35.5. The van der Waals surface area contributed by atoms with Gasteiger partial charge in [0.05, 0.1) is 11.1 Å². The Labute approximate surface area is 136 Å². The van der Waals surface area contributed by atoms with Crippen LogP contribution in [-0.2, 0) is 0 Å². The van der Waals surface area contributed by atoms with Crippen molar-refractivity contribution in [1.29, 1.82) is 0 Å². The van der Waals surface area contributed by atoms with E-state index in [0.29, 0.717) is 10.8 Å². The molecule has 1 atom stereocenters. The van der Waals surface area contributed by atoms with Gasteiger partial charge in [-0.3, -0.25) is 0 Å². The summed E-state index contributed by atoms with van der Waals surface area (Å²) in [6.45, 7) is 6.01. The molecule has 2 aromatic rings. The molecular weight excluding hydrogens is 305 g/mol. The van der Waals surface area contributed by atoms with Gasteiger partial charge in [0.2, 0.25) is 0 Å². The number of hydrogen-bond acceptors (Lipinski definition) is 2. The van der Waals surface area contributed by atoms with Crippen molar-refractivity contribution in [2.24, 2.45) is 0 Å². The van der Waals surface area contributed by atoms with E-state index in [1.807, 2.05) is 56.3 Å². The predicted molar refractivity (Wildman–Crippen MR) is 90.7 cm³/mol. The number of benzene rings is 2. The van der Waals surface area contributed by atoms with E-state index in [2.05, 4.69) is 12.2 Å². The molecule has 0 aliphatic carbocycles. The van der Waals surface area contributed by atoms with Crippen LogP contribution in [0, 0.1) is 0 Å². The number of hydrogen-bond donors (Lipinski definition) is 1. The third-order valence-corrected chi connectivity index (χ3v) is 3.69. The second kappa shape index (κ2) is 7.06. The fourth-order valence-corrected chi connectivity index (χ4v) is 2.62. The molecule has 2 rings (SSSR count). The summed E-state index contributed by atoms with van der Waals surface area (Å²) in [5.41, 5.74) is 1.99. The van der Waals surface area contributed by atoms with Crippen LogP contribution in [-0.4, -0.2) is 6.10 Å². The van der Waals surface area contributed by atoms with Crippen molar-refractivity contribution in [3.05, 3.63) is 58.1 Å². The quantitative estimate of drug-likeness (QED) is 0.733. The Morgan fingerprint density at radius 3 is 2.29 bits per heavy atom. The molecule has 0 bridgehead atoms. The van der Waals surface area contributed by atoms with Gasteiger partial charge in [-0.25, -0.2) is 0 Å². The first-order valence-corrected chi connectivity index (χ1v) is 7.70. The first kappa shape index (κ1) is 16.0. The van der Waals surface area contributed by atoms with Gasteiger partial charge in [0.15, 0.2) is 0 Å². The van der Waals surface area contributed by atoms with Gasteiger partial charge in [0.1, 0.15) is 5.75 Å². The molecular formula is C17H19Cl2NO. The number of rotatable bonds is 5. The van der Waals surface area contributed by atoms with E-state index >= 15 is 0 Å². The topological polar surface area (TPSA) is 21.3 Å². The van der Waals surface area contributed by atoms with E-state index in [1.165, 1.54) is 0 Å². The molecule has 112 valence electrons. The average Bonchev–Trinajstić information content (AvgIpc) is 2.42. The molecule has 0 amide bonds. The summed E-state index contributed by atoms with van der Waals surface area (Å²) in [6, 6.07) is 13.6. The van der Waals surface area contributed by atoms with Crippen LogP contribution in [0.2, 0.25) is 10.0 Å². The van der Waals surface area contributed by atoms with Crippen molar-refractivity contribution in [1.82, 2.24) is 0 Å². The second-order valence-electron chi connectivity index (χ2n) is 5.20. The molecule has 0 fully saturated rings. The lowest BCUT2D eigenvalue weighted by molar-refractivity contribution is 0.242. The standard InChI is InChI=1S/C17H19Cl2NO/c1-11(2)21-17-9-8-13(10-16(17)19)20-12(3)14-6-4-5-7-15(14)18/h4-12,20H,1-3H3. The van der Waals surface area contributed by atoms with Crippen molar-refractivity contribution >= 4 is 28.9 Å². The molecule has 2 nitrogen and oxygen atoms in total. The van der Waals surface area contributed by atoms with Gasteiger partial charge in [-0.1, -0.05) is 41.4 Å². The third kappa shape index (κ3) is 4.29. The lowest BCUT2D eigenvalue weighted by Crippen LogP contribution is -2.08. The molecule has 0 spiro atoms. The van der Waals surface area contributed by atoms with E-state index < -0.39 is 0 Å². The fourth-order valence-electron chi connectivity index (χ4n) is 2.09. The van der Waals surface area contributed by atoms with Crippen molar-refractivity contribution in [3.63, 3.8) is 0 Å². The van der Waals surface area contributed by atoms with Crippen LogP contribution in [0.25, 0.3) is 0 Å². The largest absolute Gasteiger partial charge is 0.489 e. The Hall–Kier alpha value is -1.38. The van der Waals surface area contributed by atoms with E-state index in [4.69, 9.17) is 27.9 Å². The minimum Gasteiger partial charge on any atom is -0.489 e. The van der Waals surface area contributed by atoms with Crippen molar-refractivity contribution in [3.8, 4) is 5.75 Å². The Kier molecular flexibility index (Phi) is 5.38. The molecule has 0 saturated carbocycles. The average molecular weight is 324 g/mol. The summed E-state index contributed by atoms with van der Waals surface area (Å²) in [6.07, 6.45) is 0.100. The number of halogens is 2. The maximum Gasteiger partial charge on any atom is 0.138 e. The molecule has 0 saturated heterocycles. The van der Waals surface area contributed by atoms with E-state index in [9.17, 15) is 0 Å². The molecule has 1 unspecified atom stereocenters. The molecule has 1 N–H and O–H groups in total. The second-order valence-corrected chi connectivity index (χ2v) is 6.01. The highest BCUT2D eigenvalue weighted by Gasteiger charge is 2.10. The zero-order valence-corrected chi connectivity index (χ0v) is 13.9. The predicted octanol–water partition coefficient (Wildman–Crippen LogP) is 5.95. The maximum atomic E-state index is 6.24. The summed E-state index contributed by atoms with van der Waals surface area (Å²) in [4.78, 5) is 0. The summed E-state index contributed by atoms with van der Waals surface area (Å²) in [5.74, 6) is 0.697. The zero-order valence-electron chi connectivity index (χ0n) is 12.4. The number of ether oxygens (including phenoxy) is 1. The van der Waals surface area contributed by atoms with Gasteiger partial charge in [-0.15, -0.1) is 0 Å². The van der Waals surface area contributed by atoms with Crippen LogP contribution in [0.5, 0.6) is 5.75 Å². The highest BCUT2D eigenvalue weighted by molar-refractivity contribution is 6.32. The van der Waals surface area contributed by atoms with Gasteiger partial charge in [-0.05, 0) is 50.6 Å². The molecule has 0 aliphatic heterocycles. The zero-order chi connectivity index (χ0) is 15.4. The van der Waals surface area contributed by atoms with Crippen LogP contribution < -0.4 is 10.1 Å². The Morgan fingerprint density at radius 2 is 1.67 bits per heavy atom. The summed E-state index contributed by atoms with van der Waals surface area (Å²) >= 11 is 12.5. The summed E-state index contributed by atoms with van der Waals surface area (Å²) in [7, 11) is 0. The first-order valence-electron chi connectivity index (χ1n) is 6.94. The van der Waals surface area contributed by atoms with Gasteiger partial charge < -0.3 is 10.1 Å². The van der Waals surface area contributed by atoms with Crippen molar-refractivity contribution in [2.75, 3.05) is 5.32 Å². The summed E-state index contributed by atoms with van der Waals surface area (Å²) in [5, 5.41) is 4.75. The van der Waals surface area contributed by atoms with E-state index in [1.54, 1.807) is 0 Å². The van der Waals surface area contributed by atoms with Crippen LogP contribution in [0.1, 0.15) is 32.4 Å². The molecule has 0 aliphatic rings. The fraction of sp³-hybridized carbons (Fsp3) is 0.294. The van der Waals surface area contributed by atoms with Crippen LogP contribution in [0.15, 0.2) is 42.5 Å². The summed E-state index contributed by atoms with van der Waals surface area (Å²) < 4.78 is 5.63. The van der Waals surface area contributed by atoms with Crippen molar-refractivity contribution in [2.45, 2.75) is 32.9 Å². The molecule has 0 aromatic heterocycles. The van der Waals surface area contributed by atoms with E-state index in [-0.39, 0.29) is 12.1 Å². The molecule has 4 heteroatoms. The van der Waals surface area contributed by atoms with Crippen LogP contribution >= 0.6 is 23.2 Å². The van der Waals surface area contributed by atoms with Gasteiger partial charge >= 0.3 is 0 Å². The normalized spacial score (nSPS) is 12.3. The molecule has 21 heavy (non-hydrogen) atoms. The lowest BCUT2D eigenvalue weighted by Gasteiger charge is -2.18. The monoisotopic (exact) mass is 323 g/mol. The minimum atomic E-state index is 0.0895. The van der Waals surface area contributed by atoms with Crippen molar-refractivity contribution < 1.29 is 4.74 Å². The van der Waals surface area contributed by atoms with Gasteiger partial charge in [0, 0.05) is 16.8 Å². The Morgan fingerprint density at radius 1 is 0.952 bits per heavy atom. The van der Waals surface area contributed by atoms with Crippen LogP contribution in [0.4, 0.5) is 5.69 Å². The molecule has 0 heterocycles. The van der Waals surface area contributed by atoms with Gasteiger partial charge in [0.25, 0.3) is 0 Å². The van der Waals surface area contributed by atoms with Gasteiger partial charge in [-0.2, -0.15) is 0 Å². The minimum absolute atomic E-state index is 0.0895. The molecule has 2 aromatic carbocycles.